The van der Waals surface area contributed by atoms with Gasteiger partial charge in [-0.25, -0.2) is 0 Å². The number of hydrogen-bond donors (Lipinski definition) is 0. The number of aromatic nitrogens is 2. The van der Waals surface area contributed by atoms with Crippen molar-refractivity contribution in [2.75, 3.05) is 26.2 Å². The molecule has 1 aliphatic rings. The van der Waals surface area contributed by atoms with Crippen molar-refractivity contribution in [2.45, 2.75) is 33.2 Å². The minimum absolute atomic E-state index is 0.157. The van der Waals surface area contributed by atoms with Crippen LogP contribution in [-0.2, 0) is 20.0 Å². The molecule has 1 saturated heterocycles. The Morgan fingerprint density at radius 3 is 2.50 bits per heavy atom. The van der Waals surface area contributed by atoms with Crippen LogP contribution in [0.2, 0.25) is 0 Å². The average Bonchev–Trinajstić information content (AvgIpc) is 2.88. The molecule has 0 saturated carbocycles. The molecule has 5 nitrogen and oxygen atoms in total. The van der Waals surface area contributed by atoms with Crippen LogP contribution in [0.1, 0.15) is 41.8 Å². The van der Waals surface area contributed by atoms with Crippen LogP contribution < -0.4 is 0 Å². The number of hydrogen-bond acceptors (Lipinski definition) is 3. The van der Waals surface area contributed by atoms with E-state index in [9.17, 15) is 4.79 Å². The normalized spacial score (nSPS) is 16.1. The Labute approximate surface area is 156 Å². The van der Waals surface area contributed by atoms with Crippen LogP contribution in [-0.4, -0.2) is 51.7 Å². The van der Waals surface area contributed by atoms with Crippen LogP contribution in [0.5, 0.6) is 0 Å². The fraction of sp³-hybridized carbons (Fsp3) is 0.524. The molecule has 0 unspecified atom stereocenters. The first-order valence-electron chi connectivity index (χ1n) is 9.59. The largest absolute Gasteiger partial charge is 0.337 e. The third-order valence-electron chi connectivity index (χ3n) is 4.89. The topological polar surface area (TPSA) is 41.4 Å². The molecule has 1 amide bonds. The number of aryl methyl sites for hydroxylation is 1. The number of carbonyl (C=O) groups excluding carboxylic acids is 1. The lowest BCUT2D eigenvalue weighted by Gasteiger charge is -2.22. The number of benzene rings is 1. The number of rotatable bonds is 5. The van der Waals surface area contributed by atoms with Crippen molar-refractivity contribution in [2.24, 2.45) is 13.0 Å². The van der Waals surface area contributed by atoms with Crippen molar-refractivity contribution < 1.29 is 4.79 Å². The summed E-state index contributed by atoms with van der Waals surface area (Å²) in [6, 6.07) is 8.16. The van der Waals surface area contributed by atoms with E-state index in [2.05, 4.69) is 42.2 Å². The Morgan fingerprint density at radius 1 is 1.08 bits per heavy atom. The van der Waals surface area contributed by atoms with E-state index in [4.69, 9.17) is 0 Å². The molecule has 1 fully saturated rings. The third-order valence-corrected chi connectivity index (χ3v) is 4.89. The van der Waals surface area contributed by atoms with Gasteiger partial charge in [0.25, 0.3) is 5.91 Å². The van der Waals surface area contributed by atoms with Crippen LogP contribution in [0.15, 0.2) is 36.7 Å². The first-order valence-corrected chi connectivity index (χ1v) is 9.59. The second kappa shape index (κ2) is 8.49. The van der Waals surface area contributed by atoms with Crippen LogP contribution in [0.25, 0.3) is 0 Å². The molecule has 1 aromatic carbocycles. The summed E-state index contributed by atoms with van der Waals surface area (Å²) < 4.78 is 1.84. The molecule has 0 atom stereocenters. The SMILES string of the molecule is CC(C)Cc1ccc(C(=O)N2CCCN(Cc3cnn(C)c3)CC2)cc1. The molecule has 140 valence electrons. The van der Waals surface area contributed by atoms with E-state index in [0.29, 0.717) is 5.92 Å². The lowest BCUT2D eigenvalue weighted by atomic mass is 10.0. The average molecular weight is 354 g/mol. The Bertz CT molecular complexity index is 720. The highest BCUT2D eigenvalue weighted by Gasteiger charge is 2.20. The lowest BCUT2D eigenvalue weighted by Crippen LogP contribution is -2.35. The van der Waals surface area contributed by atoms with Gasteiger partial charge >= 0.3 is 0 Å². The van der Waals surface area contributed by atoms with Gasteiger partial charge in [-0.1, -0.05) is 26.0 Å². The maximum atomic E-state index is 12.8. The van der Waals surface area contributed by atoms with Gasteiger partial charge in [-0.3, -0.25) is 14.4 Å². The first-order chi connectivity index (χ1) is 12.5. The Morgan fingerprint density at radius 2 is 1.85 bits per heavy atom. The van der Waals surface area contributed by atoms with Gasteiger partial charge in [0.1, 0.15) is 0 Å². The Balaban J connectivity index is 1.56. The van der Waals surface area contributed by atoms with Crippen molar-refractivity contribution in [3.63, 3.8) is 0 Å². The monoisotopic (exact) mass is 354 g/mol. The van der Waals surface area contributed by atoms with Crippen LogP contribution in [0.4, 0.5) is 0 Å². The van der Waals surface area contributed by atoms with Crippen molar-refractivity contribution in [1.82, 2.24) is 19.6 Å². The van der Waals surface area contributed by atoms with Gasteiger partial charge < -0.3 is 4.90 Å². The number of nitrogens with zero attached hydrogens (tertiary/aromatic N) is 4. The smallest absolute Gasteiger partial charge is 0.253 e. The molecule has 0 bridgehead atoms. The summed E-state index contributed by atoms with van der Waals surface area (Å²) in [7, 11) is 1.94. The van der Waals surface area contributed by atoms with Crippen LogP contribution in [0, 0.1) is 5.92 Å². The van der Waals surface area contributed by atoms with Crippen molar-refractivity contribution in [3.05, 3.63) is 53.3 Å². The molecule has 5 heteroatoms. The molecular formula is C21H30N4O. The van der Waals surface area contributed by atoms with Gasteiger partial charge in [0.2, 0.25) is 0 Å². The quantitative estimate of drug-likeness (QED) is 0.829. The highest BCUT2D eigenvalue weighted by atomic mass is 16.2. The zero-order chi connectivity index (χ0) is 18.5. The summed E-state index contributed by atoms with van der Waals surface area (Å²) in [6.07, 6.45) is 6.05. The molecule has 0 spiro atoms. The second-order valence-electron chi connectivity index (χ2n) is 7.74. The van der Waals surface area contributed by atoms with E-state index >= 15 is 0 Å². The minimum Gasteiger partial charge on any atom is -0.337 e. The molecular weight excluding hydrogens is 324 g/mol. The fourth-order valence-corrected chi connectivity index (χ4v) is 3.58. The molecule has 2 aromatic rings. The van der Waals surface area contributed by atoms with Gasteiger partial charge in [-0.05, 0) is 36.5 Å². The number of carbonyl (C=O) groups is 1. The molecule has 1 aliphatic heterocycles. The van der Waals surface area contributed by atoms with E-state index in [1.54, 1.807) is 0 Å². The highest BCUT2D eigenvalue weighted by molar-refractivity contribution is 5.94. The maximum absolute atomic E-state index is 12.8. The molecule has 0 aliphatic carbocycles. The fourth-order valence-electron chi connectivity index (χ4n) is 3.58. The second-order valence-corrected chi connectivity index (χ2v) is 7.74. The van der Waals surface area contributed by atoms with E-state index in [1.807, 2.05) is 35.0 Å². The molecule has 0 N–H and O–H groups in total. The van der Waals surface area contributed by atoms with Crippen LogP contribution >= 0.6 is 0 Å². The molecule has 0 radical (unpaired) electrons. The zero-order valence-corrected chi connectivity index (χ0v) is 16.2. The van der Waals surface area contributed by atoms with Gasteiger partial charge in [-0.15, -0.1) is 0 Å². The molecule has 1 aromatic heterocycles. The predicted molar refractivity (Wildman–Crippen MR) is 104 cm³/mol. The summed E-state index contributed by atoms with van der Waals surface area (Å²) >= 11 is 0. The van der Waals surface area contributed by atoms with Crippen molar-refractivity contribution in [1.29, 1.82) is 0 Å². The maximum Gasteiger partial charge on any atom is 0.253 e. The van der Waals surface area contributed by atoms with Gasteiger partial charge in [0.15, 0.2) is 0 Å². The van der Waals surface area contributed by atoms with E-state index in [0.717, 1.165) is 51.1 Å². The Kier molecular flexibility index (Phi) is 6.09. The van der Waals surface area contributed by atoms with E-state index < -0.39 is 0 Å². The lowest BCUT2D eigenvalue weighted by molar-refractivity contribution is 0.0761. The van der Waals surface area contributed by atoms with Crippen LogP contribution in [0.3, 0.4) is 0 Å². The summed E-state index contributed by atoms with van der Waals surface area (Å²) in [5.41, 5.74) is 3.33. The summed E-state index contributed by atoms with van der Waals surface area (Å²) in [4.78, 5) is 17.3. The molecule has 3 rings (SSSR count). The standard InChI is InChI=1S/C21H30N4O/c1-17(2)13-18-5-7-20(8-6-18)21(26)25-10-4-9-24(11-12-25)16-19-14-22-23(3)15-19/h5-8,14-15,17H,4,9-13,16H2,1-3H3. The zero-order valence-electron chi connectivity index (χ0n) is 16.2. The number of amides is 1. The van der Waals surface area contributed by atoms with E-state index in [-0.39, 0.29) is 5.91 Å². The van der Waals surface area contributed by atoms with Gasteiger partial charge in [-0.2, -0.15) is 5.10 Å². The third kappa shape index (κ3) is 4.94. The van der Waals surface area contributed by atoms with E-state index in [1.165, 1.54) is 11.1 Å². The van der Waals surface area contributed by atoms with Gasteiger partial charge in [0.05, 0.1) is 6.20 Å². The minimum atomic E-state index is 0.157. The summed E-state index contributed by atoms with van der Waals surface area (Å²) in [5.74, 6) is 0.789. The molecule has 26 heavy (non-hydrogen) atoms. The predicted octanol–water partition coefficient (Wildman–Crippen LogP) is 2.97. The first kappa shape index (κ1) is 18.6. The van der Waals surface area contributed by atoms with Crippen molar-refractivity contribution in [3.8, 4) is 0 Å². The van der Waals surface area contributed by atoms with Gasteiger partial charge in [0, 0.05) is 57.1 Å². The van der Waals surface area contributed by atoms with Crippen molar-refractivity contribution >= 4 is 5.91 Å². The summed E-state index contributed by atoms with van der Waals surface area (Å²) in [6.45, 7) is 8.88. The highest BCUT2D eigenvalue weighted by Crippen LogP contribution is 2.14. The Hall–Kier alpha value is -2.14. The summed E-state index contributed by atoms with van der Waals surface area (Å²) in [5, 5.41) is 4.24. The molecule has 2 heterocycles.